The first-order chi connectivity index (χ1) is 7.67. The Hall–Kier alpha value is -1.07. The summed E-state index contributed by atoms with van der Waals surface area (Å²) < 4.78 is 1.74. The Bertz CT molecular complexity index is 340. The molecule has 1 heterocycles. The monoisotopic (exact) mass is 260 g/mol. The molecule has 0 unspecified atom stereocenters. The fourth-order valence-corrected chi connectivity index (χ4v) is 1.42. The molecule has 0 aliphatic carbocycles. The Labute approximate surface area is 108 Å². The molecule has 0 saturated carbocycles. The maximum atomic E-state index is 11.7. The molecule has 0 fully saturated rings. The van der Waals surface area contributed by atoms with E-state index >= 15 is 0 Å². The number of amides is 1. The fraction of sp³-hybridized carbons (Fsp3) is 0.636. The van der Waals surface area contributed by atoms with Crippen molar-refractivity contribution in [2.75, 3.05) is 13.1 Å². The maximum Gasteiger partial charge on any atom is 0.254 e. The van der Waals surface area contributed by atoms with E-state index < -0.39 is 0 Å². The second-order valence-corrected chi connectivity index (χ2v) is 3.75. The molecular weight excluding hydrogens is 240 g/mol. The summed E-state index contributed by atoms with van der Waals surface area (Å²) in [6.45, 7) is 8.39. The van der Waals surface area contributed by atoms with Crippen molar-refractivity contribution >= 4 is 18.3 Å². The summed E-state index contributed by atoms with van der Waals surface area (Å²) in [6.07, 6.45) is 3.35. The molecular formula is C11H21ClN4O. The van der Waals surface area contributed by atoms with Gasteiger partial charge in [0, 0.05) is 25.3 Å². The average molecular weight is 261 g/mol. The van der Waals surface area contributed by atoms with Crippen LogP contribution in [0.3, 0.4) is 0 Å². The summed E-state index contributed by atoms with van der Waals surface area (Å²) in [5.41, 5.74) is 0.616. The van der Waals surface area contributed by atoms with Gasteiger partial charge in [0.05, 0.1) is 11.8 Å². The molecule has 5 nitrogen and oxygen atoms in total. The minimum Gasteiger partial charge on any atom is -0.350 e. The van der Waals surface area contributed by atoms with Crippen LogP contribution in [0.4, 0.5) is 0 Å². The van der Waals surface area contributed by atoms with E-state index in [4.69, 9.17) is 0 Å². The molecule has 0 bridgehead atoms. The largest absolute Gasteiger partial charge is 0.350 e. The van der Waals surface area contributed by atoms with Crippen LogP contribution in [-0.4, -0.2) is 34.8 Å². The highest BCUT2D eigenvalue weighted by Crippen LogP contribution is 1.97. The Morgan fingerprint density at radius 1 is 1.53 bits per heavy atom. The van der Waals surface area contributed by atoms with Crippen LogP contribution in [0, 0.1) is 0 Å². The van der Waals surface area contributed by atoms with Gasteiger partial charge in [0.25, 0.3) is 5.91 Å². The molecule has 1 atom stereocenters. The van der Waals surface area contributed by atoms with Crippen LogP contribution >= 0.6 is 12.4 Å². The maximum absolute atomic E-state index is 11.7. The van der Waals surface area contributed by atoms with Crippen LogP contribution in [0.15, 0.2) is 12.4 Å². The summed E-state index contributed by atoms with van der Waals surface area (Å²) in [7, 11) is 0. The van der Waals surface area contributed by atoms with Crippen LogP contribution < -0.4 is 10.6 Å². The molecule has 0 aromatic carbocycles. The predicted molar refractivity (Wildman–Crippen MR) is 70.6 cm³/mol. The summed E-state index contributed by atoms with van der Waals surface area (Å²) in [4.78, 5) is 11.7. The van der Waals surface area contributed by atoms with Gasteiger partial charge in [0.2, 0.25) is 0 Å². The standard InChI is InChI=1S/C11H20N4O.ClH/c1-4-12-9(3)6-13-11(16)10-7-14-15(5-2)8-10;/h7-9,12H,4-6H2,1-3H3,(H,13,16);1H/t9-;/m1./s1. The Morgan fingerprint density at radius 3 is 2.76 bits per heavy atom. The molecule has 2 N–H and O–H groups in total. The summed E-state index contributed by atoms with van der Waals surface area (Å²) in [6, 6.07) is 0.287. The number of aryl methyl sites for hydroxylation is 1. The van der Waals surface area contributed by atoms with Gasteiger partial charge in [-0.15, -0.1) is 12.4 Å². The number of halogens is 1. The molecule has 0 aliphatic heterocycles. The molecule has 0 radical (unpaired) electrons. The molecule has 98 valence electrons. The Balaban J connectivity index is 0.00000256. The van der Waals surface area contributed by atoms with E-state index in [1.54, 1.807) is 17.1 Å². The van der Waals surface area contributed by atoms with E-state index in [0.717, 1.165) is 13.1 Å². The fourth-order valence-electron chi connectivity index (χ4n) is 1.42. The molecule has 0 saturated heterocycles. The topological polar surface area (TPSA) is 58.9 Å². The summed E-state index contributed by atoms with van der Waals surface area (Å²) in [5.74, 6) is -0.0653. The van der Waals surface area contributed by atoms with Gasteiger partial charge in [-0.2, -0.15) is 5.10 Å². The number of hydrogen-bond donors (Lipinski definition) is 2. The molecule has 6 heteroatoms. The third-order valence-electron chi connectivity index (χ3n) is 2.34. The third-order valence-corrected chi connectivity index (χ3v) is 2.34. The number of nitrogens with one attached hydrogen (secondary N) is 2. The molecule has 1 aromatic heterocycles. The highest BCUT2D eigenvalue weighted by atomic mass is 35.5. The van der Waals surface area contributed by atoms with Gasteiger partial charge in [-0.3, -0.25) is 9.48 Å². The van der Waals surface area contributed by atoms with Gasteiger partial charge >= 0.3 is 0 Å². The summed E-state index contributed by atoms with van der Waals surface area (Å²) >= 11 is 0. The van der Waals surface area contributed by atoms with Crippen molar-refractivity contribution < 1.29 is 4.79 Å². The van der Waals surface area contributed by atoms with Crippen LogP contribution in [0.25, 0.3) is 0 Å². The van der Waals surface area contributed by atoms with Gasteiger partial charge in [-0.1, -0.05) is 6.92 Å². The predicted octanol–water partition coefficient (Wildman–Crippen LogP) is 1.05. The minimum absolute atomic E-state index is 0. The van der Waals surface area contributed by atoms with E-state index in [0.29, 0.717) is 12.1 Å². The van der Waals surface area contributed by atoms with Crippen molar-refractivity contribution in [3.63, 3.8) is 0 Å². The van der Waals surface area contributed by atoms with Crippen LogP contribution in [-0.2, 0) is 6.54 Å². The summed E-state index contributed by atoms with van der Waals surface area (Å²) in [5, 5.41) is 10.2. The zero-order valence-corrected chi connectivity index (χ0v) is 11.4. The number of aromatic nitrogens is 2. The number of rotatable bonds is 6. The molecule has 0 aliphatic rings. The van der Waals surface area contributed by atoms with E-state index in [2.05, 4.69) is 15.7 Å². The zero-order valence-electron chi connectivity index (χ0n) is 10.6. The van der Waals surface area contributed by atoms with E-state index in [1.165, 1.54) is 0 Å². The van der Waals surface area contributed by atoms with Crippen molar-refractivity contribution in [2.24, 2.45) is 0 Å². The molecule has 1 rings (SSSR count). The lowest BCUT2D eigenvalue weighted by Gasteiger charge is -2.12. The molecule has 1 aromatic rings. The van der Waals surface area contributed by atoms with Gasteiger partial charge in [0.1, 0.15) is 0 Å². The lowest BCUT2D eigenvalue weighted by atomic mass is 10.3. The highest BCUT2D eigenvalue weighted by molar-refractivity contribution is 5.93. The first-order valence-electron chi connectivity index (χ1n) is 5.71. The van der Waals surface area contributed by atoms with Crippen LogP contribution in [0.5, 0.6) is 0 Å². The van der Waals surface area contributed by atoms with Crippen molar-refractivity contribution in [1.29, 1.82) is 0 Å². The quantitative estimate of drug-likeness (QED) is 0.804. The SMILES string of the molecule is CCN[C@H](C)CNC(=O)c1cnn(CC)c1.Cl. The van der Waals surface area contributed by atoms with Crippen molar-refractivity contribution in [3.05, 3.63) is 18.0 Å². The minimum atomic E-state index is -0.0653. The second kappa shape index (κ2) is 8.08. The van der Waals surface area contributed by atoms with Crippen molar-refractivity contribution in [2.45, 2.75) is 33.4 Å². The zero-order chi connectivity index (χ0) is 12.0. The van der Waals surface area contributed by atoms with Gasteiger partial charge in [-0.25, -0.2) is 0 Å². The van der Waals surface area contributed by atoms with E-state index in [9.17, 15) is 4.79 Å². The first-order valence-corrected chi connectivity index (χ1v) is 5.71. The number of likely N-dealkylation sites (N-methyl/N-ethyl adjacent to an activating group) is 1. The average Bonchev–Trinajstić information content (AvgIpc) is 2.75. The number of carbonyl (C=O) groups is 1. The third kappa shape index (κ3) is 5.19. The normalized spacial score (nSPS) is 11.7. The number of nitrogens with zero attached hydrogens (tertiary/aromatic N) is 2. The van der Waals surface area contributed by atoms with Crippen LogP contribution in [0.2, 0.25) is 0 Å². The Kier molecular flexibility index (Phi) is 7.58. The van der Waals surface area contributed by atoms with Crippen molar-refractivity contribution in [1.82, 2.24) is 20.4 Å². The van der Waals surface area contributed by atoms with Crippen LogP contribution in [0.1, 0.15) is 31.1 Å². The highest BCUT2D eigenvalue weighted by Gasteiger charge is 2.08. The smallest absolute Gasteiger partial charge is 0.254 e. The lowest BCUT2D eigenvalue weighted by Crippen LogP contribution is -2.38. The lowest BCUT2D eigenvalue weighted by molar-refractivity contribution is 0.0950. The first kappa shape index (κ1) is 15.9. The van der Waals surface area contributed by atoms with Gasteiger partial charge in [0.15, 0.2) is 0 Å². The molecule has 1 amide bonds. The Morgan fingerprint density at radius 2 is 2.24 bits per heavy atom. The number of carbonyl (C=O) groups excluding carboxylic acids is 1. The van der Waals surface area contributed by atoms with Gasteiger partial charge in [-0.05, 0) is 20.4 Å². The van der Waals surface area contributed by atoms with Crippen molar-refractivity contribution in [3.8, 4) is 0 Å². The molecule has 0 spiro atoms. The van der Waals surface area contributed by atoms with E-state index in [1.807, 2.05) is 20.8 Å². The second-order valence-electron chi connectivity index (χ2n) is 3.75. The molecule has 17 heavy (non-hydrogen) atoms. The van der Waals surface area contributed by atoms with Gasteiger partial charge < -0.3 is 10.6 Å². The number of hydrogen-bond acceptors (Lipinski definition) is 3. The van der Waals surface area contributed by atoms with E-state index in [-0.39, 0.29) is 24.4 Å².